The minimum Gasteiger partial charge on any atom is -0.256 e. The molecule has 0 bridgehead atoms. The zero-order valence-electron chi connectivity index (χ0n) is 22.9. The number of pyridine rings is 1. The predicted molar refractivity (Wildman–Crippen MR) is 154 cm³/mol. The zero-order valence-corrected chi connectivity index (χ0v) is 22.9. The number of aromatic nitrogens is 3. The minimum absolute atomic E-state index is 0.794. The molecule has 0 aliphatic heterocycles. The Hall–Kier alpha value is -2.55. The second-order valence-corrected chi connectivity index (χ2v) is 10.3. The van der Waals surface area contributed by atoms with Crippen LogP contribution in [0.5, 0.6) is 0 Å². The van der Waals surface area contributed by atoms with E-state index in [0.29, 0.717) is 0 Å². The van der Waals surface area contributed by atoms with Gasteiger partial charge in [0.05, 0.1) is 5.69 Å². The lowest BCUT2D eigenvalue weighted by Gasteiger charge is -2.06. The SMILES string of the molecule is CCCCCCCCCc1ccc(-c2ccc(-c3ncc(CCCCCCCCC)cn3)cc2)nc1. The summed E-state index contributed by atoms with van der Waals surface area (Å²) in [5.74, 6) is 0.794. The van der Waals surface area contributed by atoms with Gasteiger partial charge < -0.3 is 0 Å². The van der Waals surface area contributed by atoms with Crippen LogP contribution < -0.4 is 0 Å². The molecule has 1 aromatic carbocycles. The smallest absolute Gasteiger partial charge is 0.159 e. The summed E-state index contributed by atoms with van der Waals surface area (Å²) in [6, 6.07) is 12.9. The van der Waals surface area contributed by atoms with Gasteiger partial charge in [-0.2, -0.15) is 0 Å². The molecule has 2 aromatic heterocycles. The maximum atomic E-state index is 4.73. The topological polar surface area (TPSA) is 38.7 Å². The predicted octanol–water partition coefficient (Wildman–Crippen LogP) is 9.79. The Balaban J connectivity index is 1.41. The van der Waals surface area contributed by atoms with E-state index in [1.54, 1.807) is 0 Å². The van der Waals surface area contributed by atoms with E-state index >= 15 is 0 Å². The highest BCUT2D eigenvalue weighted by Gasteiger charge is 2.05. The minimum atomic E-state index is 0.794. The Morgan fingerprint density at radius 2 is 0.917 bits per heavy atom. The molecule has 0 N–H and O–H groups in total. The molecule has 3 heteroatoms. The molecule has 2 heterocycles. The third kappa shape index (κ3) is 10.2. The first-order valence-electron chi connectivity index (χ1n) is 14.7. The summed E-state index contributed by atoms with van der Waals surface area (Å²) in [5, 5.41) is 0. The van der Waals surface area contributed by atoms with Crippen LogP contribution in [0.25, 0.3) is 22.6 Å². The standard InChI is InChI=1S/C33H47N3/c1-3-5-7-9-11-13-15-17-28-19-24-32(34-25-28)30-20-22-31(23-21-30)33-35-26-29(27-36-33)18-16-14-12-10-8-6-4-2/h19-27H,3-18H2,1-2H3. The molecule has 3 rings (SSSR count). The Morgan fingerprint density at radius 1 is 0.444 bits per heavy atom. The molecule has 3 aromatic rings. The van der Waals surface area contributed by atoms with Gasteiger partial charge in [0.25, 0.3) is 0 Å². The van der Waals surface area contributed by atoms with Crippen molar-refractivity contribution in [3.8, 4) is 22.6 Å². The third-order valence-corrected chi connectivity index (χ3v) is 7.11. The van der Waals surface area contributed by atoms with Gasteiger partial charge in [-0.25, -0.2) is 9.97 Å². The van der Waals surface area contributed by atoms with Crippen LogP contribution in [0.2, 0.25) is 0 Å². The lowest BCUT2D eigenvalue weighted by atomic mass is 10.0. The van der Waals surface area contributed by atoms with Gasteiger partial charge in [0.1, 0.15) is 0 Å². The second kappa shape index (κ2) is 17.0. The number of aryl methyl sites for hydroxylation is 2. The first-order chi connectivity index (χ1) is 17.8. The Labute approximate surface area is 220 Å². The van der Waals surface area contributed by atoms with Crippen molar-refractivity contribution in [1.82, 2.24) is 15.0 Å². The molecule has 0 fully saturated rings. The average Bonchev–Trinajstić information content (AvgIpc) is 2.93. The Kier molecular flexibility index (Phi) is 13.2. The maximum absolute atomic E-state index is 4.73. The van der Waals surface area contributed by atoms with Gasteiger partial charge in [-0.1, -0.05) is 121 Å². The first-order valence-corrected chi connectivity index (χ1v) is 14.7. The summed E-state index contributed by atoms with van der Waals surface area (Å²) < 4.78 is 0. The molecule has 36 heavy (non-hydrogen) atoms. The van der Waals surface area contributed by atoms with E-state index in [1.165, 1.54) is 101 Å². The van der Waals surface area contributed by atoms with Crippen LogP contribution in [0.3, 0.4) is 0 Å². The lowest BCUT2D eigenvalue weighted by molar-refractivity contribution is 0.589. The van der Waals surface area contributed by atoms with Crippen molar-refractivity contribution in [2.75, 3.05) is 0 Å². The van der Waals surface area contributed by atoms with E-state index in [0.717, 1.165) is 35.5 Å². The fourth-order valence-corrected chi connectivity index (χ4v) is 4.74. The molecule has 0 spiro atoms. The van der Waals surface area contributed by atoms with Crippen molar-refractivity contribution >= 4 is 0 Å². The van der Waals surface area contributed by atoms with Crippen molar-refractivity contribution in [2.45, 2.75) is 117 Å². The van der Waals surface area contributed by atoms with Crippen molar-refractivity contribution in [2.24, 2.45) is 0 Å². The highest BCUT2D eigenvalue weighted by molar-refractivity contribution is 5.65. The van der Waals surface area contributed by atoms with Gasteiger partial charge >= 0.3 is 0 Å². The highest BCUT2D eigenvalue weighted by atomic mass is 14.9. The second-order valence-electron chi connectivity index (χ2n) is 10.3. The Morgan fingerprint density at radius 3 is 1.44 bits per heavy atom. The maximum Gasteiger partial charge on any atom is 0.159 e. The van der Waals surface area contributed by atoms with Gasteiger partial charge in [0.15, 0.2) is 5.82 Å². The van der Waals surface area contributed by atoms with Crippen LogP contribution >= 0.6 is 0 Å². The van der Waals surface area contributed by atoms with Gasteiger partial charge in [0, 0.05) is 29.7 Å². The molecule has 0 saturated heterocycles. The molecule has 3 nitrogen and oxygen atoms in total. The summed E-state index contributed by atoms with van der Waals surface area (Å²) in [7, 11) is 0. The van der Waals surface area contributed by atoms with Gasteiger partial charge in [0.2, 0.25) is 0 Å². The van der Waals surface area contributed by atoms with E-state index in [9.17, 15) is 0 Å². The summed E-state index contributed by atoms with van der Waals surface area (Å²) in [6.45, 7) is 4.54. The summed E-state index contributed by atoms with van der Waals surface area (Å²) in [4.78, 5) is 14.0. The number of unbranched alkanes of at least 4 members (excludes halogenated alkanes) is 12. The fraction of sp³-hybridized carbons (Fsp3) is 0.545. The molecule has 0 aliphatic carbocycles. The van der Waals surface area contributed by atoms with Crippen LogP contribution in [0.15, 0.2) is 55.0 Å². The molecule has 0 amide bonds. The number of hydrogen-bond acceptors (Lipinski definition) is 3. The average molecular weight is 486 g/mol. The lowest BCUT2D eigenvalue weighted by Crippen LogP contribution is -1.94. The van der Waals surface area contributed by atoms with E-state index in [4.69, 9.17) is 4.98 Å². The monoisotopic (exact) mass is 485 g/mol. The van der Waals surface area contributed by atoms with Crippen molar-refractivity contribution in [3.63, 3.8) is 0 Å². The van der Waals surface area contributed by atoms with Crippen LogP contribution in [0.4, 0.5) is 0 Å². The number of hydrogen-bond donors (Lipinski definition) is 0. The molecule has 0 radical (unpaired) electrons. The van der Waals surface area contributed by atoms with Crippen LogP contribution in [0, 0.1) is 0 Å². The van der Waals surface area contributed by atoms with Gasteiger partial charge in [-0.05, 0) is 42.9 Å². The Bertz CT molecular complexity index is 865. The summed E-state index contributed by atoms with van der Waals surface area (Å²) in [5.41, 5.74) is 5.79. The van der Waals surface area contributed by atoms with Gasteiger partial charge in [-0.15, -0.1) is 0 Å². The molecule has 0 atom stereocenters. The molecule has 0 aliphatic rings. The van der Waals surface area contributed by atoms with Crippen LogP contribution in [0.1, 0.15) is 115 Å². The zero-order chi connectivity index (χ0) is 25.3. The fourth-order valence-electron chi connectivity index (χ4n) is 4.74. The van der Waals surface area contributed by atoms with E-state index in [2.05, 4.69) is 60.2 Å². The van der Waals surface area contributed by atoms with Crippen molar-refractivity contribution in [1.29, 1.82) is 0 Å². The number of rotatable bonds is 18. The largest absolute Gasteiger partial charge is 0.256 e. The highest BCUT2D eigenvalue weighted by Crippen LogP contribution is 2.22. The number of nitrogens with zero attached hydrogens (tertiary/aromatic N) is 3. The normalized spacial score (nSPS) is 11.2. The van der Waals surface area contributed by atoms with Gasteiger partial charge in [-0.3, -0.25) is 4.98 Å². The molecule has 194 valence electrons. The molecular formula is C33H47N3. The van der Waals surface area contributed by atoms with Crippen molar-refractivity contribution < 1.29 is 0 Å². The van der Waals surface area contributed by atoms with Crippen molar-refractivity contribution in [3.05, 3.63) is 66.1 Å². The summed E-state index contributed by atoms with van der Waals surface area (Å²) >= 11 is 0. The molecular weight excluding hydrogens is 438 g/mol. The molecule has 0 unspecified atom stereocenters. The van der Waals surface area contributed by atoms with Crippen LogP contribution in [-0.4, -0.2) is 15.0 Å². The number of benzene rings is 1. The van der Waals surface area contributed by atoms with Crippen LogP contribution in [-0.2, 0) is 12.8 Å². The van der Waals surface area contributed by atoms with E-state index < -0.39 is 0 Å². The third-order valence-electron chi connectivity index (χ3n) is 7.11. The first kappa shape index (κ1) is 28.0. The molecule has 0 saturated carbocycles. The summed E-state index contributed by atoms with van der Waals surface area (Å²) in [6.07, 6.45) is 27.0. The quantitative estimate of drug-likeness (QED) is 0.168. The van der Waals surface area contributed by atoms with E-state index in [1.807, 2.05) is 18.6 Å². The van der Waals surface area contributed by atoms with E-state index in [-0.39, 0.29) is 0 Å².